The third-order valence-electron chi connectivity index (χ3n) is 3.43. The van der Waals surface area contributed by atoms with Crippen LogP contribution in [0.2, 0.25) is 0 Å². The van der Waals surface area contributed by atoms with Gasteiger partial charge in [-0.05, 0) is 0 Å². The van der Waals surface area contributed by atoms with E-state index in [1.54, 1.807) is 0 Å². The molecule has 0 saturated heterocycles. The smallest absolute Gasteiger partial charge is 0.126 e. The molecule has 4 nitrogen and oxygen atoms in total. The van der Waals surface area contributed by atoms with Gasteiger partial charge >= 0.3 is 0 Å². The zero-order chi connectivity index (χ0) is 17.9. The van der Waals surface area contributed by atoms with E-state index < -0.39 is 0 Å². The van der Waals surface area contributed by atoms with Gasteiger partial charge in [-0.2, -0.15) is 0 Å². The van der Waals surface area contributed by atoms with E-state index in [1.165, 1.54) is 0 Å². The van der Waals surface area contributed by atoms with Crippen molar-refractivity contribution in [2.24, 2.45) is 0 Å². The summed E-state index contributed by atoms with van der Waals surface area (Å²) in [5.74, 6) is 1.11. The number of hydrogen-bond acceptors (Lipinski definition) is 4. The summed E-state index contributed by atoms with van der Waals surface area (Å²) >= 11 is 0. The molecule has 0 aromatic carbocycles. The van der Waals surface area contributed by atoms with E-state index in [-0.39, 0.29) is 34.1 Å². The van der Waals surface area contributed by atoms with Gasteiger partial charge in [0.05, 0.1) is 0 Å². The number of rotatable bonds is 2. The molecule has 4 radical (unpaired) electrons. The maximum absolute atomic E-state index is 4.05. The van der Waals surface area contributed by atoms with Gasteiger partial charge in [0, 0.05) is 71.0 Å². The molecular weight excluding hydrogens is 432 g/mol. The van der Waals surface area contributed by atoms with E-state index in [0.29, 0.717) is 11.6 Å². The Balaban J connectivity index is 0.000000271. The van der Waals surface area contributed by atoms with Crippen LogP contribution in [0.1, 0.15) is 11.6 Å². The third-order valence-corrected chi connectivity index (χ3v) is 3.43. The van der Waals surface area contributed by atoms with E-state index >= 15 is 0 Å². The van der Waals surface area contributed by atoms with Crippen molar-refractivity contribution in [3.05, 3.63) is 122 Å². The van der Waals surface area contributed by atoms with Crippen LogP contribution in [0.25, 0.3) is 11.1 Å². The minimum Gasteiger partial charge on any atom is -0.126 e. The Morgan fingerprint density at radius 2 is 0.750 bits per heavy atom. The third kappa shape index (κ3) is 7.87. The van der Waals surface area contributed by atoms with Crippen LogP contribution < -0.4 is 0 Å². The van der Waals surface area contributed by atoms with Crippen LogP contribution in [0.15, 0.2) is 85.1 Å². The average Bonchev–Trinajstić information content (AvgIpc) is 3.50. The largest absolute Gasteiger partial charge is 0.203 e. The molecule has 4 aliphatic rings. The molecule has 28 heavy (non-hydrogen) atoms. The topological polar surface area (TPSA) is 51.6 Å². The van der Waals surface area contributed by atoms with Gasteiger partial charge in [-0.25, -0.2) is 0 Å². The summed E-state index contributed by atoms with van der Waals surface area (Å²) in [4.78, 5) is 0. The number of aromatic nitrogens is 4. The predicted octanol–water partition coefficient (Wildman–Crippen LogP) is 4.21. The quantitative estimate of drug-likeness (QED) is 0.634. The van der Waals surface area contributed by atoms with Crippen LogP contribution in [0.4, 0.5) is 0 Å². The van der Waals surface area contributed by atoms with Gasteiger partial charge in [-0.15, -0.1) is 20.4 Å². The Bertz CT molecular complexity index is 751. The molecule has 0 spiro atoms. The molecule has 1 aromatic heterocycles. The minimum absolute atomic E-state index is 0. The zero-order valence-electron chi connectivity index (χ0n) is 14.9. The molecule has 0 amide bonds. The van der Waals surface area contributed by atoms with E-state index in [1.807, 2.05) is 111 Å². The molecule has 0 bridgehead atoms. The maximum atomic E-state index is 4.05. The molecule has 0 atom stereocenters. The summed E-state index contributed by atoms with van der Waals surface area (Å²) in [5, 5.41) is 16.2. The summed E-state index contributed by atoms with van der Waals surface area (Å²) < 4.78 is 0. The average molecular weight is 450 g/mol. The second-order valence-corrected chi connectivity index (χ2v) is 5.32. The molecule has 0 N–H and O–H groups in total. The fourth-order valence-corrected chi connectivity index (χ4v) is 2.15. The van der Waals surface area contributed by atoms with Gasteiger partial charge in [0.1, 0.15) is 0 Å². The van der Waals surface area contributed by atoms with Gasteiger partial charge in [0.15, 0.2) is 0 Å². The van der Waals surface area contributed by atoms with Crippen LogP contribution in [0.5, 0.6) is 0 Å². The first-order valence-electron chi connectivity index (χ1n) is 8.28. The Kier molecular flexibility index (Phi) is 11.9. The number of hydrogen-bond donors (Lipinski definition) is 0. The normalized spacial score (nSPS) is 16.4. The van der Waals surface area contributed by atoms with Crippen molar-refractivity contribution in [1.82, 2.24) is 20.4 Å². The van der Waals surface area contributed by atoms with E-state index in [2.05, 4.69) is 20.4 Å². The number of allylic oxidation sites excluding steroid dienone is 16. The van der Waals surface area contributed by atoms with Crippen molar-refractivity contribution in [2.45, 2.75) is 0 Å². The molecule has 0 aliphatic heterocycles. The molecule has 1 aromatic rings. The van der Waals surface area contributed by atoms with Gasteiger partial charge in [0.2, 0.25) is 11.6 Å². The summed E-state index contributed by atoms with van der Waals surface area (Å²) in [5.41, 5.74) is 1.88. The van der Waals surface area contributed by atoms with Crippen LogP contribution >= 0.6 is 0 Å². The minimum atomic E-state index is 0. The molecule has 6 heteroatoms. The summed E-state index contributed by atoms with van der Waals surface area (Å²) in [6.45, 7) is 0. The summed E-state index contributed by atoms with van der Waals surface area (Å²) in [7, 11) is 0. The van der Waals surface area contributed by atoms with Crippen LogP contribution in [0, 0.1) is 25.7 Å². The first-order valence-corrected chi connectivity index (χ1v) is 8.28. The first kappa shape index (κ1) is 23.9. The fraction of sp³-hybridized carbons (Fsp3) is 0. The van der Waals surface area contributed by atoms with Gasteiger partial charge in [0.25, 0.3) is 0 Å². The monoisotopic (exact) mass is 450 g/mol. The van der Waals surface area contributed by atoms with Crippen molar-refractivity contribution >= 4 is 11.1 Å². The summed E-state index contributed by atoms with van der Waals surface area (Å²) in [6.07, 6.45) is 35.5. The SMILES string of the molecule is [CH]1C=CC(c2nnc(C3=C[CH]C=C3)nn2)=C1.[CH]1C=CC=C1.[CH]1C=CC=C1.[Fe].[Fe]. The van der Waals surface area contributed by atoms with Crippen LogP contribution in [0.3, 0.4) is 0 Å². The Morgan fingerprint density at radius 3 is 0.964 bits per heavy atom. The molecule has 1 heterocycles. The van der Waals surface area contributed by atoms with E-state index in [4.69, 9.17) is 0 Å². The van der Waals surface area contributed by atoms with Gasteiger partial charge < -0.3 is 0 Å². The second kappa shape index (κ2) is 14.0. The van der Waals surface area contributed by atoms with Crippen molar-refractivity contribution in [2.75, 3.05) is 0 Å². The molecule has 0 fully saturated rings. The van der Waals surface area contributed by atoms with Gasteiger partial charge in [-0.3, -0.25) is 0 Å². The summed E-state index contributed by atoms with van der Waals surface area (Å²) in [6, 6.07) is 0. The molecule has 142 valence electrons. The molecular formula is C22H18Fe2N4. The Hall–Kier alpha value is -2.10. The Morgan fingerprint density at radius 1 is 0.393 bits per heavy atom. The van der Waals surface area contributed by atoms with Crippen LogP contribution in [-0.4, -0.2) is 20.4 Å². The maximum Gasteiger partial charge on any atom is 0.203 e. The van der Waals surface area contributed by atoms with Crippen LogP contribution in [-0.2, 0) is 34.1 Å². The number of nitrogens with zero attached hydrogens (tertiary/aromatic N) is 4. The van der Waals surface area contributed by atoms with E-state index in [0.717, 1.165) is 11.1 Å². The molecule has 0 unspecified atom stereocenters. The second-order valence-electron chi connectivity index (χ2n) is 5.32. The molecule has 5 rings (SSSR count). The van der Waals surface area contributed by atoms with Crippen molar-refractivity contribution < 1.29 is 34.1 Å². The molecule has 4 aliphatic carbocycles. The molecule has 0 saturated carbocycles. The van der Waals surface area contributed by atoms with Crippen molar-refractivity contribution in [3.63, 3.8) is 0 Å². The van der Waals surface area contributed by atoms with Gasteiger partial charge in [-0.1, -0.05) is 85.1 Å². The van der Waals surface area contributed by atoms with Crippen molar-refractivity contribution in [3.8, 4) is 0 Å². The standard InChI is InChI=1S/C12H8N4.2C5H5.2Fe/c1-2-6-9(5-1)11-13-15-12(16-14-11)10-7-3-4-8-10;2*1-2-4-5-3-1;;/h1-8H;2*1-5H;;. The Labute approximate surface area is 187 Å². The first-order chi connectivity index (χ1) is 12.9. The zero-order valence-corrected chi connectivity index (χ0v) is 17.1. The predicted molar refractivity (Wildman–Crippen MR) is 106 cm³/mol. The van der Waals surface area contributed by atoms with Crippen molar-refractivity contribution in [1.29, 1.82) is 0 Å². The fourth-order valence-electron chi connectivity index (χ4n) is 2.15. The van der Waals surface area contributed by atoms with E-state index in [9.17, 15) is 0 Å².